The van der Waals surface area contributed by atoms with Gasteiger partial charge < -0.3 is 10.6 Å². The van der Waals surface area contributed by atoms with Crippen LogP contribution in [0.25, 0.3) is 0 Å². The van der Waals surface area contributed by atoms with Gasteiger partial charge >= 0.3 is 0 Å². The molecular weight excluding hydrogens is 356 g/mol. The SMILES string of the molecule is CCNC(=NCc1ccc(S(N)(=O)=O)s1)NCCCCC1CCCC1. The standard InChI is InChI=1S/C17H30N4O2S2/c1-2-19-17(20-12-6-5-9-14-7-3-4-8-14)21-13-15-10-11-16(24-15)25(18,22)23/h10-11,14H,2-9,12-13H2,1H3,(H2,18,22,23)(H2,19,20,21). The first-order valence-corrected chi connectivity index (χ1v) is 11.5. The highest BCUT2D eigenvalue weighted by atomic mass is 32.2. The average Bonchev–Trinajstić information content (AvgIpc) is 3.23. The van der Waals surface area contributed by atoms with Crippen LogP contribution in [-0.2, 0) is 16.6 Å². The van der Waals surface area contributed by atoms with Crippen LogP contribution < -0.4 is 15.8 Å². The number of primary sulfonamides is 1. The molecule has 0 saturated heterocycles. The molecule has 0 radical (unpaired) electrons. The quantitative estimate of drug-likeness (QED) is 0.345. The van der Waals surface area contributed by atoms with Gasteiger partial charge in [-0.15, -0.1) is 11.3 Å². The lowest BCUT2D eigenvalue weighted by molar-refractivity contribution is 0.472. The zero-order chi connectivity index (χ0) is 18.1. The molecule has 2 rings (SSSR count). The van der Waals surface area contributed by atoms with Crippen LogP contribution >= 0.6 is 11.3 Å². The number of nitrogens with two attached hydrogens (primary N) is 1. The molecule has 1 aliphatic carbocycles. The number of unbranched alkanes of at least 4 members (excludes halogenated alkanes) is 1. The van der Waals surface area contributed by atoms with Gasteiger partial charge in [-0.05, 0) is 31.4 Å². The molecule has 142 valence electrons. The van der Waals surface area contributed by atoms with E-state index in [0.717, 1.165) is 36.3 Å². The molecule has 6 nitrogen and oxygen atoms in total. The van der Waals surface area contributed by atoms with Crippen LogP contribution in [0.4, 0.5) is 0 Å². The van der Waals surface area contributed by atoms with Gasteiger partial charge in [0.05, 0.1) is 6.54 Å². The van der Waals surface area contributed by atoms with Crippen molar-refractivity contribution in [1.82, 2.24) is 10.6 Å². The molecule has 1 aliphatic rings. The number of thiophene rings is 1. The maximum Gasteiger partial charge on any atom is 0.247 e. The molecular formula is C17H30N4O2S2. The molecule has 1 saturated carbocycles. The second kappa shape index (κ2) is 10.1. The summed E-state index contributed by atoms with van der Waals surface area (Å²) in [7, 11) is -3.62. The number of hydrogen-bond acceptors (Lipinski definition) is 4. The van der Waals surface area contributed by atoms with Crippen molar-refractivity contribution in [1.29, 1.82) is 0 Å². The van der Waals surface area contributed by atoms with Gasteiger partial charge in [-0.2, -0.15) is 0 Å². The minimum Gasteiger partial charge on any atom is -0.357 e. The van der Waals surface area contributed by atoms with Crippen LogP contribution in [0.5, 0.6) is 0 Å². The topological polar surface area (TPSA) is 96.6 Å². The van der Waals surface area contributed by atoms with Crippen molar-refractivity contribution < 1.29 is 8.42 Å². The Kier molecular flexibility index (Phi) is 8.18. The van der Waals surface area contributed by atoms with E-state index in [1.807, 2.05) is 6.92 Å². The van der Waals surface area contributed by atoms with Gasteiger partial charge in [0.25, 0.3) is 0 Å². The fourth-order valence-corrected chi connectivity index (χ4v) is 4.86. The molecule has 0 aromatic carbocycles. The second-order valence-electron chi connectivity index (χ2n) is 6.53. The molecule has 1 heterocycles. The number of nitrogens with zero attached hydrogens (tertiary/aromatic N) is 1. The summed E-state index contributed by atoms with van der Waals surface area (Å²) in [5, 5.41) is 11.7. The zero-order valence-electron chi connectivity index (χ0n) is 15.0. The Labute approximate surface area is 155 Å². The second-order valence-corrected chi connectivity index (χ2v) is 9.49. The van der Waals surface area contributed by atoms with Gasteiger partial charge in [0.2, 0.25) is 10.0 Å². The Morgan fingerprint density at radius 2 is 2.04 bits per heavy atom. The third-order valence-corrected chi connectivity index (χ3v) is 6.97. The first-order valence-electron chi connectivity index (χ1n) is 9.12. The van der Waals surface area contributed by atoms with Gasteiger partial charge in [0.15, 0.2) is 5.96 Å². The Morgan fingerprint density at radius 1 is 1.28 bits per heavy atom. The van der Waals surface area contributed by atoms with E-state index in [-0.39, 0.29) is 4.21 Å². The van der Waals surface area contributed by atoms with Crippen molar-refractivity contribution in [3.8, 4) is 0 Å². The summed E-state index contributed by atoms with van der Waals surface area (Å²) in [5.74, 6) is 1.72. The normalized spacial score (nSPS) is 16.3. The maximum absolute atomic E-state index is 11.3. The van der Waals surface area contributed by atoms with Crippen LogP contribution in [0, 0.1) is 5.92 Å². The highest BCUT2D eigenvalue weighted by molar-refractivity contribution is 7.91. The van der Waals surface area contributed by atoms with E-state index in [4.69, 9.17) is 5.14 Å². The van der Waals surface area contributed by atoms with Crippen LogP contribution in [-0.4, -0.2) is 27.5 Å². The third kappa shape index (κ3) is 7.33. The van der Waals surface area contributed by atoms with Crippen LogP contribution in [0.2, 0.25) is 0 Å². The Hall–Kier alpha value is -1.12. The molecule has 0 bridgehead atoms. The fourth-order valence-electron chi connectivity index (χ4n) is 3.16. The van der Waals surface area contributed by atoms with E-state index in [2.05, 4.69) is 15.6 Å². The lowest BCUT2D eigenvalue weighted by Crippen LogP contribution is -2.37. The van der Waals surface area contributed by atoms with E-state index >= 15 is 0 Å². The predicted molar refractivity (Wildman–Crippen MR) is 104 cm³/mol. The van der Waals surface area contributed by atoms with Crippen molar-refractivity contribution in [2.45, 2.75) is 62.6 Å². The number of aliphatic imine (C=N–C) groups is 1. The van der Waals surface area contributed by atoms with Crippen LogP contribution in [0.3, 0.4) is 0 Å². The van der Waals surface area contributed by atoms with E-state index in [0.29, 0.717) is 6.54 Å². The minimum absolute atomic E-state index is 0.183. The predicted octanol–water partition coefficient (Wildman–Crippen LogP) is 2.81. The molecule has 25 heavy (non-hydrogen) atoms. The summed E-state index contributed by atoms with van der Waals surface area (Å²) in [6.07, 6.45) is 9.42. The molecule has 0 spiro atoms. The summed E-state index contributed by atoms with van der Waals surface area (Å²) >= 11 is 1.17. The van der Waals surface area contributed by atoms with Crippen LogP contribution in [0.15, 0.2) is 21.3 Å². The molecule has 8 heteroatoms. The summed E-state index contributed by atoms with van der Waals surface area (Å²) in [6, 6.07) is 3.30. The molecule has 0 aliphatic heterocycles. The minimum atomic E-state index is -3.62. The smallest absolute Gasteiger partial charge is 0.247 e. The average molecular weight is 387 g/mol. The molecule has 0 atom stereocenters. The number of rotatable bonds is 9. The van der Waals surface area contributed by atoms with Gasteiger partial charge in [-0.1, -0.05) is 38.5 Å². The number of guanidine groups is 1. The molecule has 0 unspecified atom stereocenters. The largest absolute Gasteiger partial charge is 0.357 e. The molecule has 0 amide bonds. The van der Waals surface area contributed by atoms with E-state index in [1.54, 1.807) is 6.07 Å². The highest BCUT2D eigenvalue weighted by Crippen LogP contribution is 2.28. The van der Waals surface area contributed by atoms with Crippen molar-refractivity contribution in [3.63, 3.8) is 0 Å². The summed E-state index contributed by atoms with van der Waals surface area (Å²) < 4.78 is 22.8. The van der Waals surface area contributed by atoms with Crippen LogP contribution in [0.1, 0.15) is 56.7 Å². The lowest BCUT2D eigenvalue weighted by atomic mass is 10.0. The monoisotopic (exact) mass is 386 g/mol. The Morgan fingerprint density at radius 3 is 2.68 bits per heavy atom. The number of sulfonamides is 1. The fraction of sp³-hybridized carbons (Fsp3) is 0.706. The Bertz CT molecular complexity index is 649. The van der Waals surface area contributed by atoms with Gasteiger partial charge in [0.1, 0.15) is 4.21 Å². The first kappa shape index (κ1) is 20.2. The number of nitrogens with one attached hydrogen (secondary N) is 2. The third-order valence-electron chi connectivity index (χ3n) is 4.46. The van der Waals surface area contributed by atoms with E-state index in [1.165, 1.54) is 55.9 Å². The summed E-state index contributed by atoms with van der Waals surface area (Å²) in [4.78, 5) is 5.40. The van der Waals surface area contributed by atoms with Crippen molar-refractivity contribution >= 4 is 27.3 Å². The van der Waals surface area contributed by atoms with Crippen molar-refractivity contribution in [3.05, 3.63) is 17.0 Å². The van der Waals surface area contributed by atoms with E-state index in [9.17, 15) is 8.42 Å². The summed E-state index contributed by atoms with van der Waals surface area (Å²) in [6.45, 7) is 4.17. The van der Waals surface area contributed by atoms with Crippen molar-refractivity contribution in [2.24, 2.45) is 16.0 Å². The first-order chi connectivity index (χ1) is 12.0. The van der Waals surface area contributed by atoms with Gasteiger partial charge in [-0.25, -0.2) is 18.5 Å². The van der Waals surface area contributed by atoms with Crippen molar-refractivity contribution in [2.75, 3.05) is 13.1 Å². The number of hydrogen-bond donors (Lipinski definition) is 3. The summed E-state index contributed by atoms with van der Waals surface area (Å²) in [5.41, 5.74) is 0. The van der Waals surface area contributed by atoms with Gasteiger partial charge in [0, 0.05) is 18.0 Å². The molecule has 1 aromatic rings. The van der Waals surface area contributed by atoms with Gasteiger partial charge in [-0.3, -0.25) is 0 Å². The Balaban J connectivity index is 1.74. The molecule has 4 N–H and O–H groups in total. The zero-order valence-corrected chi connectivity index (χ0v) is 16.6. The molecule has 1 aromatic heterocycles. The lowest BCUT2D eigenvalue weighted by Gasteiger charge is -2.12. The van der Waals surface area contributed by atoms with E-state index < -0.39 is 10.0 Å². The highest BCUT2D eigenvalue weighted by Gasteiger charge is 2.14. The molecule has 1 fully saturated rings. The maximum atomic E-state index is 11.3.